The molecule has 0 unspecified atom stereocenters. The maximum Gasteiger partial charge on any atom is 0.151 e. The second-order valence-electron chi connectivity index (χ2n) is 5.89. The zero-order chi connectivity index (χ0) is 20.9. The number of halogens is 1. The summed E-state index contributed by atoms with van der Waals surface area (Å²) >= 11 is 2.15. The van der Waals surface area contributed by atoms with Crippen molar-refractivity contribution in [3.8, 4) is 5.75 Å². The lowest BCUT2D eigenvalue weighted by molar-refractivity contribution is 0.111. The Hall–Kier alpha value is -2.80. The molecule has 0 saturated heterocycles. The van der Waals surface area contributed by atoms with Gasteiger partial charge in [-0.05, 0) is 66.8 Å². The van der Waals surface area contributed by atoms with Gasteiger partial charge in [-0.1, -0.05) is 47.5 Å². The van der Waals surface area contributed by atoms with Crippen molar-refractivity contribution in [3.63, 3.8) is 0 Å². The van der Waals surface area contributed by atoms with Crippen LogP contribution in [0.5, 0.6) is 5.75 Å². The predicted octanol–water partition coefficient (Wildman–Crippen LogP) is 5.42. The van der Waals surface area contributed by atoms with Crippen LogP contribution >= 0.6 is 22.6 Å². The normalized spacial score (nSPS) is 9.11. The van der Waals surface area contributed by atoms with Gasteiger partial charge in [0.25, 0.3) is 0 Å². The van der Waals surface area contributed by atoms with Crippen molar-refractivity contribution in [2.45, 2.75) is 13.8 Å². The van der Waals surface area contributed by atoms with Gasteiger partial charge >= 0.3 is 0 Å². The zero-order valence-corrected chi connectivity index (χ0v) is 17.8. The van der Waals surface area contributed by atoms with E-state index in [-0.39, 0.29) is 5.75 Å². The molecular weight excluding hydrogens is 467 g/mol. The Kier molecular flexibility index (Phi) is 10.4. The number of phenolic OH excluding ortho intramolecular Hbond substituents is 1. The molecule has 0 aliphatic heterocycles. The van der Waals surface area contributed by atoms with Crippen molar-refractivity contribution < 1.29 is 19.5 Å². The van der Waals surface area contributed by atoms with Crippen LogP contribution in [0.25, 0.3) is 0 Å². The number of phenols is 1. The number of aromatic hydroxyl groups is 1. The number of aldehydes is 3. The maximum atomic E-state index is 10.4. The van der Waals surface area contributed by atoms with E-state index in [0.29, 0.717) is 11.8 Å². The lowest BCUT2D eigenvalue weighted by Gasteiger charge is -1.95. The number of hydrogen-bond donors (Lipinski definition) is 1. The van der Waals surface area contributed by atoms with Gasteiger partial charge in [-0.2, -0.15) is 0 Å². The molecule has 0 fully saturated rings. The van der Waals surface area contributed by atoms with Crippen LogP contribution in [0, 0.1) is 17.4 Å². The van der Waals surface area contributed by atoms with Gasteiger partial charge in [0.1, 0.15) is 18.3 Å². The molecule has 3 aromatic rings. The number of benzene rings is 3. The molecule has 144 valence electrons. The summed E-state index contributed by atoms with van der Waals surface area (Å²) in [6, 6.07) is 19.5. The van der Waals surface area contributed by atoms with Crippen LogP contribution in [-0.2, 0) is 0 Å². The molecule has 5 heteroatoms. The van der Waals surface area contributed by atoms with Crippen LogP contribution in [-0.4, -0.2) is 24.0 Å². The minimum atomic E-state index is 0.125. The van der Waals surface area contributed by atoms with Gasteiger partial charge in [-0.25, -0.2) is 0 Å². The molecular formula is C23H21IO4. The minimum absolute atomic E-state index is 0.125. The smallest absolute Gasteiger partial charge is 0.151 e. The third-order valence-corrected chi connectivity index (χ3v) is 4.45. The highest BCUT2D eigenvalue weighted by Gasteiger charge is 1.95. The van der Waals surface area contributed by atoms with Crippen LogP contribution in [0.3, 0.4) is 0 Å². The van der Waals surface area contributed by atoms with Gasteiger partial charge in [0.2, 0.25) is 0 Å². The van der Waals surface area contributed by atoms with Crippen molar-refractivity contribution in [1.82, 2.24) is 0 Å². The molecule has 0 saturated carbocycles. The van der Waals surface area contributed by atoms with E-state index in [9.17, 15) is 14.4 Å². The van der Waals surface area contributed by atoms with Crippen LogP contribution < -0.4 is 0 Å². The number of carbonyl (C=O) groups is 3. The van der Waals surface area contributed by atoms with E-state index in [0.717, 1.165) is 38.4 Å². The van der Waals surface area contributed by atoms with E-state index in [4.69, 9.17) is 5.11 Å². The molecule has 0 spiro atoms. The fourth-order valence-corrected chi connectivity index (χ4v) is 2.56. The lowest BCUT2D eigenvalue weighted by Crippen LogP contribution is -1.85. The molecule has 3 aromatic carbocycles. The van der Waals surface area contributed by atoms with Crippen molar-refractivity contribution in [2.75, 3.05) is 0 Å². The molecule has 0 bridgehead atoms. The largest absolute Gasteiger partial charge is 0.508 e. The maximum absolute atomic E-state index is 10.4. The quantitative estimate of drug-likeness (QED) is 0.395. The third kappa shape index (κ3) is 8.73. The average molecular weight is 488 g/mol. The van der Waals surface area contributed by atoms with Crippen molar-refractivity contribution in [1.29, 1.82) is 0 Å². The molecule has 0 aromatic heterocycles. The Morgan fingerprint density at radius 1 is 0.714 bits per heavy atom. The molecule has 28 heavy (non-hydrogen) atoms. The van der Waals surface area contributed by atoms with E-state index in [1.165, 1.54) is 12.1 Å². The summed E-state index contributed by atoms with van der Waals surface area (Å²) in [4.78, 5) is 30.6. The topological polar surface area (TPSA) is 71.4 Å². The molecule has 0 heterocycles. The standard InChI is InChI=1S/C8H7IO.C8H8O.C7H6O2/c1-6-2-3-8(9)7(4-6)5-10;1-7-3-2-4-8(5-7)6-9;8-5-6-2-1-3-7(9)4-6/h2-5H,1H3;2-6H,1H3;1-5,9H. The number of carbonyl (C=O) groups excluding carboxylic acids is 3. The van der Waals surface area contributed by atoms with Crippen LogP contribution in [0.15, 0.2) is 66.7 Å². The summed E-state index contributed by atoms with van der Waals surface area (Å²) in [6.07, 6.45) is 2.43. The molecule has 0 atom stereocenters. The van der Waals surface area contributed by atoms with Crippen molar-refractivity contribution >= 4 is 41.4 Å². The first-order valence-corrected chi connectivity index (χ1v) is 9.45. The minimum Gasteiger partial charge on any atom is -0.508 e. The fraction of sp³-hybridized carbons (Fsp3) is 0.0870. The number of aryl methyl sites for hydroxylation is 2. The monoisotopic (exact) mass is 488 g/mol. The lowest BCUT2D eigenvalue weighted by atomic mass is 10.2. The highest BCUT2D eigenvalue weighted by Crippen LogP contribution is 2.11. The molecule has 0 radical (unpaired) electrons. The summed E-state index contributed by atoms with van der Waals surface area (Å²) in [7, 11) is 0. The van der Waals surface area contributed by atoms with Crippen LogP contribution in [0.1, 0.15) is 42.2 Å². The molecule has 1 N–H and O–H groups in total. The Morgan fingerprint density at radius 3 is 1.71 bits per heavy atom. The van der Waals surface area contributed by atoms with E-state index < -0.39 is 0 Å². The van der Waals surface area contributed by atoms with Crippen molar-refractivity contribution in [2.24, 2.45) is 0 Å². The molecule has 0 aliphatic carbocycles. The van der Waals surface area contributed by atoms with E-state index >= 15 is 0 Å². The summed E-state index contributed by atoms with van der Waals surface area (Å²) < 4.78 is 1.01. The second kappa shape index (κ2) is 12.6. The number of hydrogen-bond acceptors (Lipinski definition) is 4. The Balaban J connectivity index is 0.000000210. The Morgan fingerprint density at radius 2 is 1.29 bits per heavy atom. The van der Waals surface area contributed by atoms with E-state index in [1.54, 1.807) is 18.2 Å². The third-order valence-electron chi connectivity index (χ3n) is 3.46. The second-order valence-corrected chi connectivity index (χ2v) is 7.05. The Bertz CT molecular complexity index is 886. The van der Waals surface area contributed by atoms with Gasteiger partial charge in [-0.3, -0.25) is 14.4 Å². The van der Waals surface area contributed by atoms with Gasteiger partial charge in [0.05, 0.1) is 0 Å². The fourth-order valence-electron chi connectivity index (χ4n) is 2.10. The molecule has 0 amide bonds. The summed E-state index contributed by atoms with van der Waals surface area (Å²) in [5, 5.41) is 8.79. The van der Waals surface area contributed by atoms with E-state index in [1.807, 2.05) is 50.2 Å². The summed E-state index contributed by atoms with van der Waals surface area (Å²) in [6.45, 7) is 3.94. The SMILES string of the molecule is Cc1ccc(I)c(C=O)c1.Cc1cccc(C=O)c1.O=Cc1cccc(O)c1. The first kappa shape index (κ1) is 23.2. The van der Waals surface area contributed by atoms with Gasteiger partial charge in [-0.15, -0.1) is 0 Å². The highest BCUT2D eigenvalue weighted by molar-refractivity contribution is 14.1. The van der Waals surface area contributed by atoms with Gasteiger partial charge in [0, 0.05) is 20.3 Å². The average Bonchev–Trinajstić information content (AvgIpc) is 2.70. The molecule has 4 nitrogen and oxygen atoms in total. The van der Waals surface area contributed by atoms with Crippen LogP contribution in [0.4, 0.5) is 0 Å². The predicted molar refractivity (Wildman–Crippen MR) is 119 cm³/mol. The van der Waals surface area contributed by atoms with Gasteiger partial charge < -0.3 is 5.11 Å². The first-order valence-electron chi connectivity index (χ1n) is 8.37. The zero-order valence-electron chi connectivity index (χ0n) is 15.6. The summed E-state index contributed by atoms with van der Waals surface area (Å²) in [5.74, 6) is 0.125. The highest BCUT2D eigenvalue weighted by atomic mass is 127. The first-order chi connectivity index (χ1) is 13.4. The number of rotatable bonds is 3. The van der Waals surface area contributed by atoms with Gasteiger partial charge in [0.15, 0.2) is 6.29 Å². The Labute approximate surface area is 178 Å². The molecule has 3 rings (SSSR count). The van der Waals surface area contributed by atoms with E-state index in [2.05, 4.69) is 22.6 Å². The molecule has 0 aliphatic rings. The van der Waals surface area contributed by atoms with Crippen molar-refractivity contribution in [3.05, 3.63) is 98.1 Å². The van der Waals surface area contributed by atoms with Crippen LogP contribution in [0.2, 0.25) is 0 Å². The summed E-state index contributed by atoms with van der Waals surface area (Å²) in [5.41, 5.74) is 4.27.